The van der Waals surface area contributed by atoms with E-state index in [1.807, 2.05) is 18.2 Å². The van der Waals surface area contributed by atoms with Gasteiger partial charge in [0.05, 0.1) is 17.4 Å². The van der Waals surface area contributed by atoms with E-state index in [0.717, 1.165) is 16.6 Å². The van der Waals surface area contributed by atoms with Crippen molar-refractivity contribution >= 4 is 11.0 Å². The number of hydrogen-bond donors (Lipinski definition) is 1. The van der Waals surface area contributed by atoms with Crippen molar-refractivity contribution in [1.82, 2.24) is 9.97 Å². The zero-order valence-corrected chi connectivity index (χ0v) is 5.33. The van der Waals surface area contributed by atoms with Crippen LogP contribution in [0.4, 0.5) is 0 Å². The summed E-state index contributed by atoms with van der Waals surface area (Å²) < 4.78 is 0. The van der Waals surface area contributed by atoms with Gasteiger partial charge in [0.15, 0.2) is 0 Å². The highest BCUT2D eigenvalue weighted by atomic mass is 14.9. The molecular formula is C8H6N2. The van der Waals surface area contributed by atoms with Gasteiger partial charge in [0.1, 0.15) is 0 Å². The second kappa shape index (κ2) is 1.84. The Kier molecular flexibility index (Phi) is 1.01. The molecule has 1 aromatic heterocycles. The van der Waals surface area contributed by atoms with Crippen molar-refractivity contribution in [3.05, 3.63) is 37.0 Å². The zero-order valence-electron chi connectivity index (χ0n) is 5.33. The van der Waals surface area contributed by atoms with E-state index >= 15 is 0 Å². The van der Waals surface area contributed by atoms with Gasteiger partial charge in [0, 0.05) is 0 Å². The summed E-state index contributed by atoms with van der Waals surface area (Å²) in [5.74, 6) is 0. The highest BCUT2D eigenvalue weighted by Gasteiger charge is 1.92. The van der Waals surface area contributed by atoms with Crippen LogP contribution in [0.25, 0.3) is 11.0 Å². The maximum atomic E-state index is 5.54. The van der Waals surface area contributed by atoms with Crippen LogP contribution in [0.1, 0.15) is 5.56 Å². The third kappa shape index (κ3) is 0.692. The first kappa shape index (κ1) is 5.47. The van der Waals surface area contributed by atoms with Gasteiger partial charge in [-0.15, -0.1) is 0 Å². The van der Waals surface area contributed by atoms with E-state index in [1.54, 1.807) is 6.33 Å². The number of imidazole rings is 1. The summed E-state index contributed by atoms with van der Waals surface area (Å²) in [5.41, 5.74) is 2.70. The fraction of sp³-hybridized carbons (Fsp3) is 0. The molecular weight excluding hydrogens is 124 g/mol. The molecule has 2 nitrogen and oxygen atoms in total. The molecule has 2 aromatic rings. The van der Waals surface area contributed by atoms with Crippen molar-refractivity contribution in [1.29, 1.82) is 0 Å². The Labute approximate surface area is 58.9 Å². The maximum absolute atomic E-state index is 5.54. The first-order valence-electron chi connectivity index (χ1n) is 3.05. The summed E-state index contributed by atoms with van der Waals surface area (Å²) in [6.07, 6.45) is 1.66. The van der Waals surface area contributed by atoms with Gasteiger partial charge in [-0.25, -0.2) is 4.98 Å². The first-order valence-corrected chi connectivity index (χ1v) is 3.05. The van der Waals surface area contributed by atoms with Gasteiger partial charge in [-0.3, -0.25) is 0 Å². The molecule has 2 heteroatoms. The number of H-pyrrole nitrogens is 1. The van der Waals surface area contributed by atoms with Crippen LogP contribution in [0, 0.1) is 6.92 Å². The monoisotopic (exact) mass is 130 g/mol. The largest absolute Gasteiger partial charge is 0.345 e. The lowest BCUT2D eigenvalue weighted by molar-refractivity contribution is 1.34. The van der Waals surface area contributed by atoms with E-state index in [-0.39, 0.29) is 0 Å². The fourth-order valence-electron chi connectivity index (χ4n) is 0.953. The average Bonchev–Trinajstić information content (AvgIpc) is 2.33. The molecule has 0 spiro atoms. The van der Waals surface area contributed by atoms with E-state index in [0.29, 0.717) is 0 Å². The first-order chi connectivity index (χ1) is 4.86. The van der Waals surface area contributed by atoms with Gasteiger partial charge in [-0.1, -0.05) is 6.07 Å². The zero-order chi connectivity index (χ0) is 6.97. The number of aromatic nitrogens is 2. The predicted octanol–water partition coefficient (Wildman–Crippen LogP) is 1.62. The molecule has 1 N–H and O–H groups in total. The van der Waals surface area contributed by atoms with Crippen molar-refractivity contribution in [2.24, 2.45) is 0 Å². The van der Waals surface area contributed by atoms with Crippen molar-refractivity contribution < 1.29 is 0 Å². The highest BCUT2D eigenvalue weighted by Crippen LogP contribution is 2.09. The molecule has 0 amide bonds. The summed E-state index contributed by atoms with van der Waals surface area (Å²) in [6, 6.07) is 5.59. The van der Waals surface area contributed by atoms with Crippen molar-refractivity contribution in [3.8, 4) is 0 Å². The molecule has 0 bridgehead atoms. The third-order valence-electron chi connectivity index (χ3n) is 1.44. The Bertz CT molecular complexity index is 349. The van der Waals surface area contributed by atoms with E-state index in [4.69, 9.17) is 6.92 Å². The van der Waals surface area contributed by atoms with Gasteiger partial charge < -0.3 is 4.98 Å². The molecule has 0 saturated carbocycles. The van der Waals surface area contributed by atoms with Gasteiger partial charge in [-0.2, -0.15) is 0 Å². The second-order valence-electron chi connectivity index (χ2n) is 2.18. The van der Waals surface area contributed by atoms with Crippen LogP contribution in [0.15, 0.2) is 24.5 Å². The standard InChI is InChI=1S/C8H6N2/c1-6-2-3-7-8(4-6)10-5-9-7/h1-5H,(H,9,10). The summed E-state index contributed by atoms with van der Waals surface area (Å²) in [7, 11) is 0. The van der Waals surface area contributed by atoms with Crippen LogP contribution in [0.2, 0.25) is 0 Å². The Hall–Kier alpha value is -1.31. The number of fused-ring (bicyclic) bond motifs is 1. The fourth-order valence-corrected chi connectivity index (χ4v) is 0.953. The van der Waals surface area contributed by atoms with Crippen molar-refractivity contribution in [2.45, 2.75) is 0 Å². The highest BCUT2D eigenvalue weighted by molar-refractivity contribution is 5.75. The van der Waals surface area contributed by atoms with Crippen LogP contribution in [-0.2, 0) is 0 Å². The van der Waals surface area contributed by atoms with Crippen LogP contribution in [0.3, 0.4) is 0 Å². The van der Waals surface area contributed by atoms with Crippen LogP contribution >= 0.6 is 0 Å². The molecule has 0 aliphatic heterocycles. The number of aromatic amines is 1. The lowest BCUT2D eigenvalue weighted by atomic mass is 10.2. The number of rotatable bonds is 0. The smallest absolute Gasteiger partial charge is 0.0931 e. The third-order valence-corrected chi connectivity index (χ3v) is 1.44. The van der Waals surface area contributed by atoms with Gasteiger partial charge in [-0.05, 0) is 24.6 Å². The van der Waals surface area contributed by atoms with Gasteiger partial charge in [0.2, 0.25) is 0 Å². The SMILES string of the molecule is [CH]c1ccc2nc[nH]c2c1. The average molecular weight is 130 g/mol. The number of hydrogen-bond acceptors (Lipinski definition) is 1. The molecule has 10 heavy (non-hydrogen) atoms. The second-order valence-corrected chi connectivity index (χ2v) is 2.18. The predicted molar refractivity (Wildman–Crippen MR) is 39.5 cm³/mol. The topological polar surface area (TPSA) is 28.7 Å². The lowest BCUT2D eigenvalue weighted by Crippen LogP contribution is -1.71. The normalized spacial score (nSPS) is 10.5. The number of nitrogens with zero attached hydrogens (tertiary/aromatic N) is 1. The Morgan fingerprint density at radius 3 is 3.20 bits per heavy atom. The quantitative estimate of drug-likeness (QED) is 0.576. The maximum Gasteiger partial charge on any atom is 0.0931 e. The van der Waals surface area contributed by atoms with Gasteiger partial charge >= 0.3 is 0 Å². The molecule has 0 unspecified atom stereocenters. The van der Waals surface area contributed by atoms with Gasteiger partial charge in [0.25, 0.3) is 0 Å². The Morgan fingerprint density at radius 2 is 2.30 bits per heavy atom. The molecule has 1 heterocycles. The molecule has 48 valence electrons. The summed E-state index contributed by atoms with van der Waals surface area (Å²) in [4.78, 5) is 7.02. The Morgan fingerprint density at radius 1 is 1.40 bits per heavy atom. The van der Waals surface area contributed by atoms with Crippen molar-refractivity contribution in [3.63, 3.8) is 0 Å². The van der Waals surface area contributed by atoms with Crippen LogP contribution in [-0.4, -0.2) is 9.97 Å². The molecule has 0 aliphatic carbocycles. The minimum atomic E-state index is 0.761. The van der Waals surface area contributed by atoms with E-state index in [9.17, 15) is 0 Å². The Balaban J connectivity index is 2.86. The summed E-state index contributed by atoms with van der Waals surface area (Å²) in [6.45, 7) is 5.54. The summed E-state index contributed by atoms with van der Waals surface area (Å²) in [5, 5.41) is 0. The lowest BCUT2D eigenvalue weighted by Gasteiger charge is -1.88. The molecule has 0 saturated heterocycles. The molecule has 0 atom stereocenters. The van der Waals surface area contributed by atoms with Crippen LogP contribution < -0.4 is 0 Å². The minimum absolute atomic E-state index is 0.761. The van der Waals surface area contributed by atoms with E-state index in [2.05, 4.69) is 9.97 Å². The van der Waals surface area contributed by atoms with E-state index < -0.39 is 0 Å². The van der Waals surface area contributed by atoms with E-state index in [1.165, 1.54) is 0 Å². The minimum Gasteiger partial charge on any atom is -0.345 e. The molecule has 1 aromatic carbocycles. The number of nitrogens with one attached hydrogen (secondary N) is 1. The molecule has 0 aliphatic rings. The van der Waals surface area contributed by atoms with Crippen molar-refractivity contribution in [2.75, 3.05) is 0 Å². The molecule has 2 radical (unpaired) electrons. The summed E-state index contributed by atoms with van der Waals surface area (Å²) >= 11 is 0. The molecule has 0 fully saturated rings. The van der Waals surface area contributed by atoms with Crippen LogP contribution in [0.5, 0.6) is 0 Å². The molecule has 2 rings (SSSR count). The number of benzene rings is 1.